The summed E-state index contributed by atoms with van der Waals surface area (Å²) in [5, 5.41) is 14.2. The fraction of sp³-hybridized carbons (Fsp3) is 0.750. The number of carbonyl (C=O) groups excluding carboxylic acids is 2. The summed E-state index contributed by atoms with van der Waals surface area (Å²) in [6.07, 6.45) is 2.49. The quantitative estimate of drug-likeness (QED) is 0.583. The molecule has 3 unspecified atom stereocenters. The zero-order valence-corrected chi connectivity index (χ0v) is 11.2. The van der Waals surface area contributed by atoms with Crippen LogP contribution < -0.4 is 16.4 Å². The van der Waals surface area contributed by atoms with Crippen LogP contribution in [0.25, 0.3) is 0 Å². The van der Waals surface area contributed by atoms with E-state index in [1.165, 1.54) is 6.92 Å². The van der Waals surface area contributed by atoms with Crippen molar-refractivity contribution < 1.29 is 19.5 Å². The Morgan fingerprint density at radius 2 is 2.05 bits per heavy atom. The Morgan fingerprint density at radius 3 is 2.53 bits per heavy atom. The normalized spacial score (nSPS) is 28.2. The molecule has 3 atom stereocenters. The van der Waals surface area contributed by atoms with Gasteiger partial charge >= 0.3 is 12.0 Å². The highest BCUT2D eigenvalue weighted by Gasteiger charge is 2.43. The molecule has 1 rings (SSSR count). The van der Waals surface area contributed by atoms with Crippen molar-refractivity contribution in [2.45, 2.75) is 51.1 Å². The van der Waals surface area contributed by atoms with Gasteiger partial charge in [0.15, 0.2) is 0 Å². The summed E-state index contributed by atoms with van der Waals surface area (Å²) in [6.45, 7) is 3.40. The summed E-state index contributed by atoms with van der Waals surface area (Å²) in [7, 11) is 0. The Balaban J connectivity index is 2.71. The molecule has 0 aromatic carbocycles. The minimum absolute atomic E-state index is 0.235. The smallest absolute Gasteiger partial charge is 0.329 e. The van der Waals surface area contributed by atoms with E-state index < -0.39 is 29.5 Å². The van der Waals surface area contributed by atoms with Crippen molar-refractivity contribution in [3.63, 3.8) is 0 Å². The molecule has 1 saturated carbocycles. The van der Waals surface area contributed by atoms with Gasteiger partial charge in [-0.15, -0.1) is 0 Å². The Morgan fingerprint density at radius 1 is 1.42 bits per heavy atom. The number of carboxylic acid groups (broad SMARTS) is 1. The van der Waals surface area contributed by atoms with Gasteiger partial charge in [0.25, 0.3) is 0 Å². The van der Waals surface area contributed by atoms with Crippen LogP contribution in [0.1, 0.15) is 39.5 Å². The second-order valence-electron chi connectivity index (χ2n) is 5.31. The van der Waals surface area contributed by atoms with E-state index in [1.807, 2.05) is 6.92 Å². The number of nitrogens with one attached hydrogen (secondary N) is 2. The second kappa shape index (κ2) is 5.90. The third-order valence-corrected chi connectivity index (χ3v) is 3.53. The summed E-state index contributed by atoms with van der Waals surface area (Å²) in [5.74, 6) is -1.48. The summed E-state index contributed by atoms with van der Waals surface area (Å²) in [5.41, 5.74) is 3.78. The number of nitrogens with two attached hydrogens (primary N) is 1. The lowest BCUT2D eigenvalue weighted by Gasteiger charge is -2.37. The van der Waals surface area contributed by atoms with Crippen molar-refractivity contribution in [1.82, 2.24) is 10.6 Å². The Bertz CT molecular complexity index is 385. The molecular weight excluding hydrogens is 250 g/mol. The molecule has 108 valence electrons. The Hall–Kier alpha value is -1.79. The molecule has 0 aliphatic heterocycles. The van der Waals surface area contributed by atoms with Crippen LogP contribution in [0.3, 0.4) is 0 Å². The van der Waals surface area contributed by atoms with Crippen LogP contribution in [0.5, 0.6) is 0 Å². The SMILES string of the molecule is CC1CCCC(NC(=O)NC(C)C(N)=O)(C(=O)O)C1. The summed E-state index contributed by atoms with van der Waals surface area (Å²) in [4.78, 5) is 34.0. The van der Waals surface area contributed by atoms with Crippen LogP contribution in [-0.2, 0) is 9.59 Å². The highest BCUT2D eigenvalue weighted by molar-refractivity contribution is 5.89. The van der Waals surface area contributed by atoms with Crippen molar-refractivity contribution in [3.05, 3.63) is 0 Å². The average Bonchev–Trinajstić information content (AvgIpc) is 2.28. The molecule has 0 heterocycles. The molecule has 0 spiro atoms. The molecule has 7 heteroatoms. The van der Waals surface area contributed by atoms with E-state index in [9.17, 15) is 19.5 Å². The van der Waals surface area contributed by atoms with E-state index in [4.69, 9.17) is 5.73 Å². The molecule has 5 N–H and O–H groups in total. The maximum absolute atomic E-state index is 11.7. The number of aliphatic carboxylic acids is 1. The first-order valence-electron chi connectivity index (χ1n) is 6.38. The Kier molecular flexibility index (Phi) is 4.74. The molecule has 0 radical (unpaired) electrons. The lowest BCUT2D eigenvalue weighted by Crippen LogP contribution is -2.60. The van der Waals surface area contributed by atoms with E-state index in [0.717, 1.165) is 12.8 Å². The van der Waals surface area contributed by atoms with Gasteiger partial charge in [0, 0.05) is 0 Å². The van der Waals surface area contributed by atoms with Gasteiger partial charge in [-0.3, -0.25) is 4.79 Å². The van der Waals surface area contributed by atoms with E-state index in [2.05, 4.69) is 10.6 Å². The topological polar surface area (TPSA) is 122 Å². The minimum Gasteiger partial charge on any atom is -0.480 e. The van der Waals surface area contributed by atoms with Gasteiger partial charge in [-0.25, -0.2) is 9.59 Å². The van der Waals surface area contributed by atoms with Crippen LogP contribution in [-0.4, -0.2) is 34.6 Å². The standard InChI is InChI=1S/C12H21N3O4/c1-7-4-3-5-12(6-7,10(17)18)15-11(19)14-8(2)9(13)16/h7-8H,3-6H2,1-2H3,(H2,13,16)(H,17,18)(H2,14,15,19). The number of carbonyl (C=O) groups is 3. The van der Waals surface area contributed by atoms with Crippen molar-refractivity contribution >= 4 is 17.9 Å². The second-order valence-corrected chi connectivity index (χ2v) is 5.31. The summed E-state index contributed by atoms with van der Waals surface area (Å²) >= 11 is 0. The third-order valence-electron chi connectivity index (χ3n) is 3.53. The largest absolute Gasteiger partial charge is 0.480 e. The molecule has 3 amide bonds. The lowest BCUT2D eigenvalue weighted by atomic mass is 9.76. The van der Waals surface area contributed by atoms with Crippen molar-refractivity contribution in [3.8, 4) is 0 Å². The zero-order valence-electron chi connectivity index (χ0n) is 11.2. The predicted molar refractivity (Wildman–Crippen MR) is 68.3 cm³/mol. The van der Waals surface area contributed by atoms with E-state index in [0.29, 0.717) is 12.8 Å². The molecule has 0 aromatic rings. The van der Waals surface area contributed by atoms with E-state index >= 15 is 0 Å². The van der Waals surface area contributed by atoms with Gasteiger partial charge in [0.2, 0.25) is 5.91 Å². The first kappa shape index (κ1) is 15.3. The van der Waals surface area contributed by atoms with Gasteiger partial charge in [0.1, 0.15) is 11.6 Å². The lowest BCUT2D eigenvalue weighted by molar-refractivity contribution is -0.146. The van der Waals surface area contributed by atoms with Crippen molar-refractivity contribution in [1.29, 1.82) is 0 Å². The maximum Gasteiger partial charge on any atom is 0.329 e. The summed E-state index contributed by atoms with van der Waals surface area (Å²) < 4.78 is 0. The van der Waals surface area contributed by atoms with Crippen LogP contribution in [0.4, 0.5) is 4.79 Å². The van der Waals surface area contributed by atoms with Gasteiger partial charge in [0.05, 0.1) is 0 Å². The van der Waals surface area contributed by atoms with Crippen LogP contribution in [0, 0.1) is 5.92 Å². The predicted octanol–water partition coefficient (Wildman–Crippen LogP) is 0.193. The molecule has 19 heavy (non-hydrogen) atoms. The number of hydrogen-bond acceptors (Lipinski definition) is 3. The van der Waals surface area contributed by atoms with Gasteiger partial charge in [-0.2, -0.15) is 0 Å². The molecule has 1 aliphatic carbocycles. The molecule has 0 saturated heterocycles. The number of urea groups is 1. The van der Waals surface area contributed by atoms with Crippen molar-refractivity contribution in [2.75, 3.05) is 0 Å². The van der Waals surface area contributed by atoms with Gasteiger partial charge < -0.3 is 21.5 Å². The molecule has 1 aliphatic rings. The fourth-order valence-corrected chi connectivity index (χ4v) is 2.43. The van der Waals surface area contributed by atoms with Gasteiger partial charge in [-0.1, -0.05) is 19.8 Å². The number of primary amides is 1. The first-order chi connectivity index (χ1) is 8.77. The fourth-order valence-electron chi connectivity index (χ4n) is 2.43. The first-order valence-corrected chi connectivity index (χ1v) is 6.38. The van der Waals surface area contributed by atoms with Gasteiger partial charge in [-0.05, 0) is 25.7 Å². The van der Waals surface area contributed by atoms with Crippen LogP contribution in [0.2, 0.25) is 0 Å². The van der Waals surface area contributed by atoms with E-state index in [1.54, 1.807) is 0 Å². The minimum atomic E-state index is -1.25. The number of rotatable bonds is 4. The summed E-state index contributed by atoms with van der Waals surface area (Å²) in [6, 6.07) is -1.52. The van der Waals surface area contributed by atoms with Crippen molar-refractivity contribution in [2.24, 2.45) is 11.7 Å². The maximum atomic E-state index is 11.7. The zero-order chi connectivity index (χ0) is 14.6. The molecule has 0 bridgehead atoms. The number of hydrogen-bond donors (Lipinski definition) is 4. The average molecular weight is 271 g/mol. The molecule has 1 fully saturated rings. The molecule has 0 aromatic heterocycles. The molecule has 7 nitrogen and oxygen atoms in total. The van der Waals surface area contributed by atoms with E-state index in [-0.39, 0.29) is 5.92 Å². The highest BCUT2D eigenvalue weighted by atomic mass is 16.4. The monoisotopic (exact) mass is 271 g/mol. The Labute approximate surface area is 111 Å². The number of carboxylic acids is 1. The molecular formula is C12H21N3O4. The van der Waals surface area contributed by atoms with Crippen LogP contribution in [0.15, 0.2) is 0 Å². The highest BCUT2D eigenvalue weighted by Crippen LogP contribution is 2.32. The van der Waals surface area contributed by atoms with Crippen LogP contribution >= 0.6 is 0 Å². The number of amides is 3. The third kappa shape index (κ3) is 3.84.